The summed E-state index contributed by atoms with van der Waals surface area (Å²) >= 11 is 0. The number of hydrogen-bond acceptors (Lipinski definition) is 5. The Morgan fingerprint density at radius 2 is 2.28 bits per heavy atom. The molecule has 1 aromatic heterocycles. The number of aryl methyl sites for hydroxylation is 1. The molecule has 1 atom stereocenters. The maximum Gasteiger partial charge on any atom is 0.166 e. The van der Waals surface area contributed by atoms with Crippen molar-refractivity contribution in [3.05, 3.63) is 16.8 Å². The number of anilines is 1. The first-order valence-corrected chi connectivity index (χ1v) is 6.43. The highest BCUT2D eigenvalue weighted by Crippen LogP contribution is 2.17. The predicted octanol–water partition coefficient (Wildman–Crippen LogP) is 1.52. The first kappa shape index (κ1) is 12.8. The van der Waals surface area contributed by atoms with Crippen molar-refractivity contribution in [3.63, 3.8) is 0 Å². The smallest absolute Gasteiger partial charge is 0.166 e. The summed E-state index contributed by atoms with van der Waals surface area (Å²) in [4.78, 5) is 0. The van der Waals surface area contributed by atoms with E-state index in [0.29, 0.717) is 17.4 Å². The average Bonchev–Trinajstić information content (AvgIpc) is 2.87. The number of nitriles is 1. The largest absolute Gasteiger partial charge is 0.367 e. The zero-order chi connectivity index (χ0) is 13.0. The van der Waals surface area contributed by atoms with Gasteiger partial charge in [-0.3, -0.25) is 0 Å². The average molecular weight is 245 g/mol. The third-order valence-electron chi connectivity index (χ3n) is 3.51. The van der Waals surface area contributed by atoms with Crippen molar-refractivity contribution < 1.29 is 0 Å². The molecule has 1 unspecified atom stereocenters. The van der Waals surface area contributed by atoms with Gasteiger partial charge in [0.2, 0.25) is 0 Å². The van der Waals surface area contributed by atoms with Crippen LogP contribution in [0.4, 0.5) is 5.82 Å². The molecular formula is C13H19N5. The van der Waals surface area contributed by atoms with E-state index in [1.54, 1.807) is 0 Å². The van der Waals surface area contributed by atoms with Crippen LogP contribution in [-0.2, 0) is 0 Å². The zero-order valence-corrected chi connectivity index (χ0v) is 11.0. The van der Waals surface area contributed by atoms with Crippen LogP contribution in [0.5, 0.6) is 0 Å². The van der Waals surface area contributed by atoms with Crippen molar-refractivity contribution in [3.8, 4) is 6.07 Å². The number of aromatic nitrogens is 2. The molecule has 0 amide bonds. The number of nitrogens with one attached hydrogen (secondary N) is 2. The van der Waals surface area contributed by atoms with Crippen molar-refractivity contribution in [2.45, 2.75) is 39.2 Å². The van der Waals surface area contributed by atoms with E-state index in [-0.39, 0.29) is 0 Å². The molecule has 2 heterocycles. The Kier molecular flexibility index (Phi) is 4.11. The maximum atomic E-state index is 9.16. The van der Waals surface area contributed by atoms with Gasteiger partial charge in [0.15, 0.2) is 5.82 Å². The second-order valence-corrected chi connectivity index (χ2v) is 4.75. The van der Waals surface area contributed by atoms with Gasteiger partial charge in [0, 0.05) is 12.6 Å². The lowest BCUT2D eigenvalue weighted by Crippen LogP contribution is -2.24. The highest BCUT2D eigenvalue weighted by atomic mass is 15.2. The third kappa shape index (κ3) is 2.77. The second kappa shape index (κ2) is 5.78. The Bertz CT molecular complexity index is 457. The molecule has 1 fully saturated rings. The monoisotopic (exact) mass is 245 g/mol. The molecule has 96 valence electrons. The Labute approximate surface area is 108 Å². The van der Waals surface area contributed by atoms with E-state index in [1.807, 2.05) is 13.8 Å². The maximum absolute atomic E-state index is 9.16. The van der Waals surface area contributed by atoms with Gasteiger partial charge in [0.1, 0.15) is 11.6 Å². The van der Waals surface area contributed by atoms with Gasteiger partial charge in [0.25, 0.3) is 0 Å². The number of nitrogens with zero attached hydrogens (tertiary/aromatic N) is 3. The van der Waals surface area contributed by atoms with E-state index in [4.69, 9.17) is 5.26 Å². The number of hydrogen-bond donors (Lipinski definition) is 2. The SMILES string of the molecule is Cc1nnc(NCCC2CCCN2)c(C#N)c1C. The Hall–Kier alpha value is -1.67. The van der Waals surface area contributed by atoms with Crippen molar-refractivity contribution >= 4 is 5.82 Å². The van der Waals surface area contributed by atoms with Gasteiger partial charge in [-0.05, 0) is 45.2 Å². The minimum atomic E-state index is 0.600. The van der Waals surface area contributed by atoms with Gasteiger partial charge >= 0.3 is 0 Å². The summed E-state index contributed by atoms with van der Waals surface area (Å²) in [6, 6.07) is 2.80. The molecule has 5 heteroatoms. The topological polar surface area (TPSA) is 73.6 Å². The van der Waals surface area contributed by atoms with Crippen LogP contribution in [0.3, 0.4) is 0 Å². The van der Waals surface area contributed by atoms with E-state index in [2.05, 4.69) is 26.9 Å². The van der Waals surface area contributed by atoms with Gasteiger partial charge in [0.05, 0.1) is 5.69 Å². The molecule has 0 spiro atoms. The Balaban J connectivity index is 1.96. The van der Waals surface area contributed by atoms with Crippen LogP contribution in [0.25, 0.3) is 0 Å². The summed E-state index contributed by atoms with van der Waals surface area (Å²) in [5.41, 5.74) is 2.34. The molecule has 18 heavy (non-hydrogen) atoms. The fourth-order valence-corrected chi connectivity index (χ4v) is 2.24. The normalized spacial score (nSPS) is 18.6. The van der Waals surface area contributed by atoms with Crippen molar-refractivity contribution in [2.75, 3.05) is 18.4 Å². The molecule has 1 aliphatic heterocycles. The highest BCUT2D eigenvalue weighted by molar-refractivity contribution is 5.55. The van der Waals surface area contributed by atoms with Crippen LogP contribution < -0.4 is 10.6 Å². The lowest BCUT2D eigenvalue weighted by molar-refractivity contribution is 0.574. The van der Waals surface area contributed by atoms with Crippen LogP contribution in [0.1, 0.15) is 36.1 Å². The van der Waals surface area contributed by atoms with Crippen molar-refractivity contribution in [1.82, 2.24) is 15.5 Å². The fraction of sp³-hybridized carbons (Fsp3) is 0.615. The summed E-state index contributed by atoms with van der Waals surface area (Å²) in [7, 11) is 0. The Morgan fingerprint density at radius 1 is 1.44 bits per heavy atom. The van der Waals surface area contributed by atoms with Crippen LogP contribution >= 0.6 is 0 Å². The molecule has 1 aromatic rings. The molecule has 5 nitrogen and oxygen atoms in total. The fourth-order valence-electron chi connectivity index (χ4n) is 2.24. The summed E-state index contributed by atoms with van der Waals surface area (Å²) in [6.45, 7) is 5.72. The predicted molar refractivity (Wildman–Crippen MR) is 70.4 cm³/mol. The first-order chi connectivity index (χ1) is 8.72. The van der Waals surface area contributed by atoms with Crippen LogP contribution in [0.2, 0.25) is 0 Å². The summed E-state index contributed by atoms with van der Waals surface area (Å²) in [6.07, 6.45) is 3.56. The van der Waals surface area contributed by atoms with Gasteiger partial charge in [-0.15, -0.1) is 5.10 Å². The Morgan fingerprint density at radius 3 is 2.94 bits per heavy atom. The van der Waals surface area contributed by atoms with Gasteiger partial charge in [-0.2, -0.15) is 10.4 Å². The first-order valence-electron chi connectivity index (χ1n) is 6.43. The molecular weight excluding hydrogens is 226 g/mol. The molecule has 2 N–H and O–H groups in total. The van der Waals surface area contributed by atoms with E-state index >= 15 is 0 Å². The van der Waals surface area contributed by atoms with E-state index in [9.17, 15) is 0 Å². The minimum absolute atomic E-state index is 0.600. The van der Waals surface area contributed by atoms with Gasteiger partial charge in [-0.25, -0.2) is 0 Å². The van der Waals surface area contributed by atoms with Crippen LogP contribution in [-0.4, -0.2) is 29.3 Å². The number of rotatable bonds is 4. The molecule has 0 bridgehead atoms. The molecule has 1 saturated heterocycles. The van der Waals surface area contributed by atoms with E-state index in [1.165, 1.54) is 12.8 Å². The van der Waals surface area contributed by atoms with Crippen LogP contribution in [0, 0.1) is 25.2 Å². The minimum Gasteiger partial charge on any atom is -0.367 e. The molecule has 0 radical (unpaired) electrons. The van der Waals surface area contributed by atoms with Gasteiger partial charge in [-0.1, -0.05) is 0 Å². The molecule has 0 aliphatic carbocycles. The lowest BCUT2D eigenvalue weighted by Gasteiger charge is -2.12. The van der Waals surface area contributed by atoms with E-state index < -0.39 is 0 Å². The molecule has 1 aliphatic rings. The third-order valence-corrected chi connectivity index (χ3v) is 3.51. The second-order valence-electron chi connectivity index (χ2n) is 4.75. The van der Waals surface area contributed by atoms with Crippen molar-refractivity contribution in [2.24, 2.45) is 0 Å². The van der Waals surface area contributed by atoms with Gasteiger partial charge < -0.3 is 10.6 Å². The van der Waals surface area contributed by atoms with E-state index in [0.717, 1.165) is 30.8 Å². The van der Waals surface area contributed by atoms with Crippen LogP contribution in [0.15, 0.2) is 0 Å². The molecule has 2 rings (SSSR count). The summed E-state index contributed by atoms with van der Waals surface area (Å²) in [5, 5.41) is 24.0. The molecule has 0 aromatic carbocycles. The zero-order valence-electron chi connectivity index (χ0n) is 11.0. The standard InChI is InChI=1S/C13H19N5/c1-9-10(2)17-18-13(12(9)8-14)16-7-5-11-4-3-6-15-11/h11,15H,3-7H2,1-2H3,(H,16,18). The molecule has 0 saturated carbocycles. The summed E-state index contributed by atoms with van der Waals surface area (Å²) < 4.78 is 0. The quantitative estimate of drug-likeness (QED) is 0.841. The van der Waals surface area contributed by atoms with Crippen molar-refractivity contribution in [1.29, 1.82) is 5.26 Å². The highest BCUT2D eigenvalue weighted by Gasteiger charge is 2.14. The summed E-state index contributed by atoms with van der Waals surface area (Å²) in [5.74, 6) is 0.610. The lowest BCUT2D eigenvalue weighted by atomic mass is 10.1.